The molecule has 1 unspecified atom stereocenters. The van der Waals surface area contributed by atoms with E-state index in [1.165, 1.54) is 10.8 Å². The lowest BCUT2D eigenvalue weighted by Crippen LogP contribution is -2.29. The minimum Gasteiger partial charge on any atom is -0.321 e. The maximum Gasteiger partial charge on any atom is 0.267 e. The smallest absolute Gasteiger partial charge is 0.267 e. The minimum absolute atomic E-state index is 0.273. The average molecular weight is 347 g/mol. The Morgan fingerprint density at radius 2 is 2.12 bits per heavy atom. The highest BCUT2D eigenvalue weighted by Crippen LogP contribution is 2.24. The second-order valence-electron chi connectivity index (χ2n) is 5.52. The Kier molecular flexibility index (Phi) is 4.34. The van der Waals surface area contributed by atoms with Gasteiger partial charge in [-0.25, -0.2) is 9.37 Å². The van der Waals surface area contributed by atoms with Crippen LogP contribution in [0.2, 0.25) is 5.02 Å². The summed E-state index contributed by atoms with van der Waals surface area (Å²) in [6, 6.07) is 4.56. The first-order valence-corrected chi connectivity index (χ1v) is 7.90. The Morgan fingerprint density at radius 3 is 2.83 bits per heavy atom. The van der Waals surface area contributed by atoms with Crippen molar-refractivity contribution < 1.29 is 4.39 Å². The largest absolute Gasteiger partial charge is 0.321 e. The fourth-order valence-corrected chi connectivity index (χ4v) is 2.84. The van der Waals surface area contributed by atoms with Crippen molar-refractivity contribution >= 4 is 22.5 Å². The van der Waals surface area contributed by atoms with Crippen molar-refractivity contribution in [3.63, 3.8) is 0 Å². The maximum atomic E-state index is 13.9. The van der Waals surface area contributed by atoms with E-state index in [1.54, 1.807) is 25.1 Å². The van der Waals surface area contributed by atoms with Crippen LogP contribution in [0.15, 0.2) is 35.4 Å². The molecule has 0 amide bonds. The second kappa shape index (κ2) is 6.30. The average Bonchev–Trinajstić information content (AvgIpc) is 2.57. The van der Waals surface area contributed by atoms with E-state index >= 15 is 0 Å². The van der Waals surface area contributed by atoms with E-state index in [4.69, 9.17) is 17.3 Å². The molecule has 2 N–H and O–H groups in total. The molecule has 1 atom stereocenters. The molecule has 3 aromatic rings. The highest BCUT2D eigenvalue weighted by atomic mass is 35.5. The molecule has 7 heteroatoms. The summed E-state index contributed by atoms with van der Waals surface area (Å²) in [5, 5.41) is 0.562. The summed E-state index contributed by atoms with van der Waals surface area (Å²) in [6.45, 7) is 3.47. The third-order valence-corrected chi connectivity index (χ3v) is 4.33. The lowest BCUT2D eigenvalue weighted by Gasteiger charge is -2.19. The van der Waals surface area contributed by atoms with Crippen molar-refractivity contribution in [3.05, 3.63) is 63.2 Å². The van der Waals surface area contributed by atoms with Gasteiger partial charge in [0.2, 0.25) is 0 Å². The summed E-state index contributed by atoms with van der Waals surface area (Å²) < 4.78 is 15.3. The molecule has 0 aliphatic rings. The molecule has 3 rings (SSSR count). The number of nitrogens with zero attached hydrogens (tertiary/aromatic N) is 3. The topological polar surface area (TPSA) is 73.8 Å². The zero-order chi connectivity index (χ0) is 17.4. The van der Waals surface area contributed by atoms with Gasteiger partial charge in [0.1, 0.15) is 11.6 Å². The van der Waals surface area contributed by atoms with E-state index in [2.05, 4.69) is 9.97 Å². The van der Waals surface area contributed by atoms with Crippen LogP contribution in [0.3, 0.4) is 0 Å². The molecule has 2 aromatic heterocycles. The molecule has 0 bridgehead atoms. The molecule has 24 heavy (non-hydrogen) atoms. The van der Waals surface area contributed by atoms with Gasteiger partial charge in [-0.1, -0.05) is 24.6 Å². The molecule has 0 saturated heterocycles. The number of nitrogens with two attached hydrogens (primary N) is 1. The Balaban J connectivity index is 2.49. The first-order valence-electron chi connectivity index (χ1n) is 7.53. The predicted octanol–water partition coefficient (Wildman–Crippen LogP) is 3.29. The molecule has 2 heterocycles. The van der Waals surface area contributed by atoms with Crippen molar-refractivity contribution in [1.82, 2.24) is 14.5 Å². The summed E-state index contributed by atoms with van der Waals surface area (Å²) in [6.07, 6.45) is 3.10. The number of hydrogen-bond donors (Lipinski definition) is 1. The summed E-state index contributed by atoms with van der Waals surface area (Å²) in [5.74, 6) is -0.151. The zero-order valence-corrected chi connectivity index (χ0v) is 14.0. The Bertz CT molecular complexity index is 986. The number of rotatable bonds is 3. The molecule has 0 saturated carbocycles. The highest BCUT2D eigenvalue weighted by Gasteiger charge is 2.20. The van der Waals surface area contributed by atoms with E-state index in [0.29, 0.717) is 29.0 Å². The first-order chi connectivity index (χ1) is 11.5. The van der Waals surface area contributed by atoms with Crippen LogP contribution < -0.4 is 11.3 Å². The van der Waals surface area contributed by atoms with E-state index in [9.17, 15) is 9.18 Å². The number of fused-ring (bicyclic) bond motifs is 1. The second-order valence-corrected chi connectivity index (χ2v) is 5.93. The molecule has 0 aliphatic carbocycles. The van der Waals surface area contributed by atoms with E-state index in [1.807, 2.05) is 6.92 Å². The van der Waals surface area contributed by atoms with Gasteiger partial charge in [0.15, 0.2) is 0 Å². The number of halogens is 2. The van der Waals surface area contributed by atoms with Crippen LogP contribution in [0.4, 0.5) is 4.39 Å². The third-order valence-electron chi connectivity index (χ3n) is 4.01. The van der Waals surface area contributed by atoms with Crippen molar-refractivity contribution in [2.24, 2.45) is 5.73 Å². The van der Waals surface area contributed by atoms with Crippen LogP contribution in [-0.4, -0.2) is 14.5 Å². The quantitative estimate of drug-likeness (QED) is 0.789. The van der Waals surface area contributed by atoms with Gasteiger partial charge in [0.05, 0.1) is 40.0 Å². The lowest BCUT2D eigenvalue weighted by molar-refractivity contribution is 0.599. The molecule has 0 spiro atoms. The van der Waals surface area contributed by atoms with Gasteiger partial charge in [-0.3, -0.25) is 14.3 Å². The first kappa shape index (κ1) is 16.5. The number of hydrogen-bond acceptors (Lipinski definition) is 4. The van der Waals surface area contributed by atoms with Crippen LogP contribution in [-0.2, 0) is 0 Å². The molecular formula is C17H16ClFN4O. The van der Waals surface area contributed by atoms with Crippen LogP contribution >= 0.6 is 11.6 Å². The van der Waals surface area contributed by atoms with Crippen molar-refractivity contribution in [2.75, 3.05) is 0 Å². The maximum absolute atomic E-state index is 13.9. The van der Waals surface area contributed by atoms with Gasteiger partial charge in [-0.15, -0.1) is 0 Å². The van der Waals surface area contributed by atoms with E-state index in [0.717, 1.165) is 6.20 Å². The summed E-state index contributed by atoms with van der Waals surface area (Å²) in [4.78, 5) is 21.5. The van der Waals surface area contributed by atoms with Gasteiger partial charge in [-0.05, 0) is 25.5 Å². The Hall–Kier alpha value is -2.31. The molecule has 0 aliphatic heterocycles. The van der Waals surface area contributed by atoms with Gasteiger partial charge < -0.3 is 5.73 Å². The number of benzene rings is 1. The Morgan fingerprint density at radius 1 is 1.38 bits per heavy atom. The summed E-state index contributed by atoms with van der Waals surface area (Å²) in [7, 11) is 0. The van der Waals surface area contributed by atoms with E-state index < -0.39 is 11.9 Å². The van der Waals surface area contributed by atoms with Crippen molar-refractivity contribution in [3.8, 4) is 5.69 Å². The van der Waals surface area contributed by atoms with Crippen molar-refractivity contribution in [1.29, 1.82) is 0 Å². The minimum atomic E-state index is -0.505. The highest BCUT2D eigenvalue weighted by molar-refractivity contribution is 6.35. The van der Waals surface area contributed by atoms with E-state index in [-0.39, 0.29) is 16.0 Å². The monoisotopic (exact) mass is 346 g/mol. The fourth-order valence-electron chi connectivity index (χ4n) is 2.59. The van der Waals surface area contributed by atoms with Crippen LogP contribution in [0, 0.1) is 12.7 Å². The predicted molar refractivity (Wildman–Crippen MR) is 92.1 cm³/mol. The number of pyridine rings is 1. The molecular weight excluding hydrogens is 331 g/mol. The van der Waals surface area contributed by atoms with Gasteiger partial charge >= 0.3 is 0 Å². The molecule has 0 fully saturated rings. The van der Waals surface area contributed by atoms with Crippen LogP contribution in [0.1, 0.15) is 30.8 Å². The van der Waals surface area contributed by atoms with Crippen LogP contribution in [0.25, 0.3) is 16.6 Å². The fraction of sp³-hybridized carbons (Fsp3) is 0.235. The standard InChI is InChI=1S/C17H16ClFN4O/c1-3-12(20)16-22-13-6-4-5-10(18)15(13)17(24)23(16)14-8-21-7-11(19)9(14)2/h4-8,12H,3,20H2,1-2H3. The van der Waals surface area contributed by atoms with Gasteiger partial charge in [0, 0.05) is 5.56 Å². The number of aromatic nitrogens is 3. The summed E-state index contributed by atoms with van der Waals surface area (Å²) in [5.41, 5.74) is 6.83. The molecule has 1 aromatic carbocycles. The summed E-state index contributed by atoms with van der Waals surface area (Å²) >= 11 is 6.18. The van der Waals surface area contributed by atoms with Crippen LogP contribution in [0.5, 0.6) is 0 Å². The van der Waals surface area contributed by atoms with Gasteiger partial charge in [-0.2, -0.15) is 0 Å². The molecule has 124 valence electrons. The molecule has 0 radical (unpaired) electrons. The molecule has 5 nitrogen and oxygen atoms in total. The third kappa shape index (κ3) is 2.57. The zero-order valence-electron chi connectivity index (χ0n) is 13.3. The van der Waals surface area contributed by atoms with Crippen molar-refractivity contribution in [2.45, 2.75) is 26.3 Å². The van der Waals surface area contributed by atoms with Gasteiger partial charge in [0.25, 0.3) is 5.56 Å². The normalized spacial score (nSPS) is 12.5. The lowest BCUT2D eigenvalue weighted by atomic mass is 10.1. The Labute approximate surface area is 142 Å². The SMILES string of the molecule is CCC(N)c1nc2cccc(Cl)c2c(=O)n1-c1cncc(F)c1C.